The van der Waals surface area contributed by atoms with E-state index in [9.17, 15) is 0 Å². The van der Waals surface area contributed by atoms with E-state index in [4.69, 9.17) is 22.4 Å². The number of allylic oxidation sites excluding steroid dienone is 3. The van der Waals surface area contributed by atoms with Crippen molar-refractivity contribution >= 4 is 245 Å². The van der Waals surface area contributed by atoms with Crippen LogP contribution in [0, 0.1) is 20.8 Å². The number of benzene rings is 1. The Morgan fingerprint density at radius 1 is 0.667 bits per heavy atom. The molecule has 7 aromatic rings. The summed E-state index contributed by atoms with van der Waals surface area (Å²) in [4.78, 5) is 13.4. The predicted molar refractivity (Wildman–Crippen MR) is 320 cm³/mol. The second kappa shape index (κ2) is 17.8. The molecule has 20 heteroatoms. The quantitative estimate of drug-likeness (QED) is 0.157. The molecule has 0 saturated carbocycles. The molecule has 0 fully saturated rings. The van der Waals surface area contributed by atoms with Crippen LogP contribution in [0.25, 0.3) is 52.6 Å². The van der Waals surface area contributed by atoms with Gasteiger partial charge in [-0.2, -0.15) is 0 Å². The lowest BCUT2D eigenvalue weighted by molar-refractivity contribution is 0.236. The molecule has 6 aliphatic rings. The molecule has 4 atom stereocenters. The van der Waals surface area contributed by atoms with Crippen molar-refractivity contribution in [1.29, 1.82) is 0 Å². The van der Waals surface area contributed by atoms with Crippen molar-refractivity contribution in [2.45, 2.75) is 76.8 Å². The van der Waals surface area contributed by atoms with Crippen LogP contribution in [0.2, 0.25) is 13.1 Å². The number of halogens is 8. The summed E-state index contributed by atoms with van der Waals surface area (Å²) in [5.41, 5.74) is 7.83. The van der Waals surface area contributed by atoms with Crippen LogP contribution in [-0.2, 0) is 11.2 Å². The van der Waals surface area contributed by atoms with Gasteiger partial charge in [0.2, 0.25) is 0 Å². The maximum Gasteiger partial charge on any atom is 0.192 e. The lowest BCUT2D eigenvalue weighted by Gasteiger charge is -2.28. The third-order valence-corrected chi connectivity index (χ3v) is 29.5. The van der Waals surface area contributed by atoms with Gasteiger partial charge in [0.25, 0.3) is 0 Å². The fourth-order valence-electron chi connectivity index (χ4n) is 9.86. The van der Waals surface area contributed by atoms with Gasteiger partial charge in [-0.15, -0.1) is 46.2 Å². The van der Waals surface area contributed by atoms with Gasteiger partial charge in [-0.1, -0.05) is 68.7 Å². The number of anilines is 1. The number of thioether (sulfide) groups is 2. The molecular weight excluding hydrogens is 1490 g/mol. The molecule has 0 spiro atoms. The van der Waals surface area contributed by atoms with Crippen LogP contribution < -0.4 is 10.1 Å². The molecule has 354 valence electrons. The number of furan rings is 3. The lowest BCUT2D eigenvalue weighted by atomic mass is 10.1. The molecule has 0 bridgehead atoms. The van der Waals surface area contributed by atoms with Crippen LogP contribution in [0.1, 0.15) is 68.7 Å². The maximum atomic E-state index is 6.54. The van der Waals surface area contributed by atoms with E-state index < -0.39 is 8.07 Å². The fraction of sp³-hybridized carbons (Fsp3) is 0.245. The zero-order chi connectivity index (χ0) is 48.4. The second-order valence-corrected chi connectivity index (χ2v) is 33.8. The van der Waals surface area contributed by atoms with E-state index in [1.807, 2.05) is 41.8 Å². The fourth-order valence-corrected chi connectivity index (χ4v) is 25.8. The van der Waals surface area contributed by atoms with Gasteiger partial charge in [0.15, 0.2) is 39.9 Å². The summed E-state index contributed by atoms with van der Waals surface area (Å²) in [5, 5.41) is 3.28. The lowest BCUT2D eigenvalue weighted by Crippen LogP contribution is -2.40. The molecule has 0 radical (unpaired) electrons. The van der Waals surface area contributed by atoms with E-state index >= 15 is 0 Å². The largest absolute Gasteiger partial charge is 0.480 e. The summed E-state index contributed by atoms with van der Waals surface area (Å²) in [5.74, 6) is 4.52. The van der Waals surface area contributed by atoms with Crippen molar-refractivity contribution < 1.29 is 22.4 Å². The summed E-state index contributed by atoms with van der Waals surface area (Å²) >= 11 is 38.0. The first kappa shape index (κ1) is 48.9. The molecule has 1 aromatic carbocycles. The van der Waals surface area contributed by atoms with E-state index in [1.165, 1.54) is 51.4 Å². The summed E-state index contributed by atoms with van der Waals surface area (Å²) in [6.07, 6.45) is 5.24. The number of fused-ring (bicyclic) bond motifs is 6. The Hall–Kier alpha value is -1.01. The first-order chi connectivity index (χ1) is 32.8. The van der Waals surface area contributed by atoms with Crippen molar-refractivity contribution in [3.8, 4) is 0 Å². The monoisotopic (exact) mass is 1520 g/mol. The number of aromatic nitrogens is 1. The van der Waals surface area contributed by atoms with Crippen LogP contribution in [0.3, 0.4) is 0 Å². The maximum absolute atomic E-state index is 6.54. The Morgan fingerprint density at radius 2 is 1.33 bits per heavy atom. The van der Waals surface area contributed by atoms with E-state index in [0.717, 1.165) is 80.8 Å². The van der Waals surface area contributed by atoms with Crippen molar-refractivity contribution in [3.05, 3.63) is 134 Å². The number of rotatable bonds is 5. The normalized spacial score (nSPS) is 22.4. The van der Waals surface area contributed by atoms with Gasteiger partial charge in [-0.25, -0.2) is 4.98 Å². The van der Waals surface area contributed by atoms with Gasteiger partial charge in [-0.3, -0.25) is 0 Å². The number of hydrogen-bond donors (Lipinski definition) is 0. The third-order valence-electron chi connectivity index (χ3n) is 13.0. The zero-order valence-electron chi connectivity index (χ0n) is 37.2. The minimum Gasteiger partial charge on any atom is -0.480 e. The molecule has 11 heterocycles. The molecule has 0 N–H and O–H groups in total. The zero-order valence-corrected chi connectivity index (χ0v) is 54.1. The van der Waals surface area contributed by atoms with E-state index in [0.29, 0.717) is 34.5 Å². The summed E-state index contributed by atoms with van der Waals surface area (Å²) in [6.45, 7) is 15.2. The van der Waals surface area contributed by atoms with E-state index in [1.54, 1.807) is 11.3 Å². The highest BCUT2D eigenvalue weighted by molar-refractivity contribution is 9.15. The van der Waals surface area contributed by atoms with Gasteiger partial charge in [0.05, 0.1) is 55.4 Å². The molecular formula is C49H34Br8N2O5S4Si. The molecule has 13 rings (SSSR count). The van der Waals surface area contributed by atoms with Gasteiger partial charge in [0, 0.05) is 48.5 Å². The standard InChI is InChI=1S/C27H18Br4N2O2S2.C22H16Br4O3S2Si/c1-10-4-6-13(7-5-10)33-16-8-11(2)36-25(16)18(29)21(33)26-20(31)24-27(37-26)19(30)22(35-24)14-9-15-23(17(14)28)34-12(3)32-15;1-7-5-9-20(30-7)13(25)18(27-9)16-11(23)15-17(28-16)12(24)19(29-15)22-14(26)21-10(32(22,3)4)6-8(2)31-21/h4-8,16,25H,9H2,1-3H3;5-6,9,20H,1-4H3. The summed E-state index contributed by atoms with van der Waals surface area (Å²) in [6, 6.07) is 11.4. The van der Waals surface area contributed by atoms with E-state index in [2.05, 4.69) is 221 Å². The molecule has 1 aliphatic carbocycles. The Labute approximate surface area is 482 Å². The third kappa shape index (κ3) is 7.60. The smallest absolute Gasteiger partial charge is 0.192 e. The highest BCUT2D eigenvalue weighted by Crippen LogP contribution is 2.58. The highest BCUT2D eigenvalue weighted by atomic mass is 79.9. The molecule has 5 aliphatic heterocycles. The van der Waals surface area contributed by atoms with Crippen LogP contribution in [0.15, 0.2) is 96.8 Å². The number of hydrogen-bond acceptors (Lipinski definition) is 11. The van der Waals surface area contributed by atoms with Gasteiger partial charge >= 0.3 is 0 Å². The average molecular weight is 1530 g/mol. The van der Waals surface area contributed by atoms with Crippen molar-refractivity contribution in [3.63, 3.8) is 0 Å². The van der Waals surface area contributed by atoms with Crippen molar-refractivity contribution in [1.82, 2.24) is 4.98 Å². The highest BCUT2D eigenvalue weighted by Gasteiger charge is 2.47. The number of thiophene rings is 2. The van der Waals surface area contributed by atoms with Crippen LogP contribution in [0.5, 0.6) is 0 Å². The molecule has 0 amide bonds. The van der Waals surface area contributed by atoms with E-state index in [-0.39, 0.29) is 17.4 Å². The SMILES string of the molecule is CC1=CC2C(S1)C(Br)=C(c1sc3c(Br)c(C4=C(Br)c5oc(C)nc5C4)oc3c1Br)N2c1ccc(C)cc1.CC1=CC2OC(c3oc4c(Br)c(C5=C(Br)c6sc(C)cc6[Si]5(C)C)oc4c3Br)=C(Br)C2S1. The number of ether oxygens (including phenoxy) is 1. The Kier molecular flexibility index (Phi) is 12.6. The summed E-state index contributed by atoms with van der Waals surface area (Å²) < 4.78 is 40.3. The Bertz CT molecular complexity index is 3640. The summed E-state index contributed by atoms with van der Waals surface area (Å²) in [7, 11) is -1.92. The van der Waals surface area contributed by atoms with Gasteiger partial charge in [-0.05, 0) is 163 Å². The van der Waals surface area contributed by atoms with Gasteiger partial charge in [0.1, 0.15) is 34.6 Å². The number of oxazole rings is 1. The predicted octanol–water partition coefficient (Wildman–Crippen LogP) is 19.5. The first-order valence-electron chi connectivity index (χ1n) is 21.5. The molecule has 69 heavy (non-hydrogen) atoms. The van der Waals surface area contributed by atoms with Crippen molar-refractivity contribution in [2.24, 2.45) is 0 Å². The van der Waals surface area contributed by atoms with Crippen LogP contribution in [0.4, 0.5) is 5.69 Å². The number of nitrogens with zero attached hydrogens (tertiary/aromatic N) is 2. The second-order valence-electron chi connectivity index (χ2n) is 18.0. The van der Waals surface area contributed by atoms with Crippen LogP contribution >= 0.6 is 174 Å². The van der Waals surface area contributed by atoms with Crippen LogP contribution in [-0.4, -0.2) is 35.7 Å². The Morgan fingerprint density at radius 3 is 2.01 bits per heavy atom. The first-order valence-corrected chi connectivity index (χ1v) is 34.3. The number of aryl methyl sites for hydroxylation is 3. The molecule has 6 aromatic heterocycles. The molecule has 4 unspecified atom stereocenters. The minimum absolute atomic E-state index is 0.0283. The molecule has 7 nitrogen and oxygen atoms in total. The topological polar surface area (TPSA) is 77.9 Å². The van der Waals surface area contributed by atoms with Gasteiger partial charge < -0.3 is 27.3 Å². The minimum atomic E-state index is -1.92. The molecule has 0 saturated heterocycles. The Balaban J connectivity index is 0.000000144. The van der Waals surface area contributed by atoms with Crippen molar-refractivity contribution in [2.75, 3.05) is 4.90 Å². The average Bonchev–Trinajstić information content (AvgIpc) is 4.19.